The van der Waals surface area contributed by atoms with Crippen LogP contribution in [0, 0.1) is 0 Å². The van der Waals surface area contributed by atoms with Gasteiger partial charge in [-0.25, -0.2) is 0 Å². The normalized spacial score (nSPS) is 10.8. The Morgan fingerprint density at radius 2 is 1.53 bits per heavy atom. The molecule has 0 fully saturated rings. The number of rotatable bonds is 11. The Morgan fingerprint density at radius 1 is 0.867 bits per heavy atom. The Kier molecular flexibility index (Phi) is 9.79. The molecule has 3 heteroatoms. The number of hydrogen-bond donors (Lipinski definition) is 1. The number of hydrogen-bond acceptors (Lipinski definition) is 2. The van der Waals surface area contributed by atoms with E-state index in [1.165, 1.54) is 5.56 Å². The number of unbranched alkanes of at least 4 members (excludes halogenated alkanes) is 2. The van der Waals surface area contributed by atoms with E-state index in [1.807, 2.05) is 74.5 Å². The van der Waals surface area contributed by atoms with Crippen LogP contribution < -0.4 is 5.32 Å². The van der Waals surface area contributed by atoms with Crippen LogP contribution in [0.15, 0.2) is 72.3 Å². The molecule has 3 nitrogen and oxygen atoms in total. The van der Waals surface area contributed by atoms with E-state index < -0.39 is 0 Å². The molecule has 2 rings (SSSR count). The summed E-state index contributed by atoms with van der Waals surface area (Å²) in [5.41, 5.74) is 4.97. The Balaban J connectivity index is 1.97. The first-order chi connectivity index (χ1) is 14.5. The number of amides is 1. The van der Waals surface area contributed by atoms with Crippen LogP contribution >= 0.6 is 0 Å². The molecule has 0 spiro atoms. The molecule has 30 heavy (non-hydrogen) atoms. The van der Waals surface area contributed by atoms with Gasteiger partial charge in [0.2, 0.25) is 0 Å². The van der Waals surface area contributed by atoms with Crippen molar-refractivity contribution in [2.24, 2.45) is 0 Å². The highest BCUT2D eigenvalue weighted by Crippen LogP contribution is 2.21. The number of allylic oxidation sites excluding steroid dienone is 4. The minimum Gasteiger partial charge on any atom is -0.352 e. The Bertz CT molecular complexity index is 873. The average molecular weight is 404 g/mol. The molecule has 0 aliphatic heterocycles. The summed E-state index contributed by atoms with van der Waals surface area (Å²) in [7, 11) is 0. The van der Waals surface area contributed by atoms with Crippen molar-refractivity contribution < 1.29 is 9.59 Å². The van der Waals surface area contributed by atoms with Gasteiger partial charge in [0.25, 0.3) is 5.91 Å². The van der Waals surface area contributed by atoms with Gasteiger partial charge < -0.3 is 5.32 Å². The summed E-state index contributed by atoms with van der Waals surface area (Å²) in [5, 5.41) is 2.96. The van der Waals surface area contributed by atoms with Crippen LogP contribution in [-0.4, -0.2) is 18.2 Å². The van der Waals surface area contributed by atoms with Crippen LogP contribution in [0.4, 0.5) is 0 Å². The third-order valence-electron chi connectivity index (χ3n) is 5.00. The molecule has 0 heterocycles. The SMILES string of the molecule is CCCCCNC(=O)c1ccc(C(/C=C\C(=O)CCc2ccccc2)=C(C)C)cc1. The van der Waals surface area contributed by atoms with Crippen LogP contribution in [-0.2, 0) is 11.2 Å². The molecule has 2 aromatic carbocycles. The van der Waals surface area contributed by atoms with E-state index in [-0.39, 0.29) is 11.7 Å². The maximum atomic E-state index is 12.3. The zero-order chi connectivity index (χ0) is 21.8. The summed E-state index contributed by atoms with van der Waals surface area (Å²) in [6, 6.07) is 17.6. The molecule has 0 atom stereocenters. The molecule has 0 saturated carbocycles. The highest BCUT2D eigenvalue weighted by Gasteiger charge is 2.07. The monoisotopic (exact) mass is 403 g/mol. The van der Waals surface area contributed by atoms with Gasteiger partial charge in [-0.1, -0.05) is 73.9 Å². The molecule has 1 amide bonds. The lowest BCUT2D eigenvalue weighted by Gasteiger charge is -2.08. The molecule has 158 valence electrons. The molecular weight excluding hydrogens is 370 g/mol. The molecule has 0 unspecified atom stereocenters. The van der Waals surface area contributed by atoms with Gasteiger partial charge in [-0.05, 0) is 61.6 Å². The van der Waals surface area contributed by atoms with E-state index in [4.69, 9.17) is 0 Å². The lowest BCUT2D eigenvalue weighted by molar-refractivity contribution is -0.114. The van der Waals surface area contributed by atoms with Crippen LogP contribution in [0.5, 0.6) is 0 Å². The van der Waals surface area contributed by atoms with E-state index in [0.717, 1.165) is 42.4 Å². The number of carbonyl (C=O) groups excluding carboxylic acids is 2. The molecule has 2 aromatic rings. The zero-order valence-electron chi connectivity index (χ0n) is 18.4. The molecule has 0 radical (unpaired) electrons. The lowest BCUT2D eigenvalue weighted by Crippen LogP contribution is -2.24. The van der Waals surface area contributed by atoms with Gasteiger partial charge in [-0.3, -0.25) is 9.59 Å². The average Bonchev–Trinajstić information content (AvgIpc) is 2.76. The first-order valence-corrected chi connectivity index (χ1v) is 10.8. The second-order valence-electron chi connectivity index (χ2n) is 7.74. The zero-order valence-corrected chi connectivity index (χ0v) is 18.4. The van der Waals surface area contributed by atoms with Gasteiger partial charge in [0, 0.05) is 18.5 Å². The van der Waals surface area contributed by atoms with Gasteiger partial charge in [0.05, 0.1) is 0 Å². The Morgan fingerprint density at radius 3 is 2.17 bits per heavy atom. The molecule has 0 bridgehead atoms. The van der Waals surface area contributed by atoms with Crippen molar-refractivity contribution in [3.8, 4) is 0 Å². The Labute approximate surface area is 180 Å². The highest BCUT2D eigenvalue weighted by molar-refractivity contribution is 5.95. The molecule has 0 aliphatic carbocycles. The van der Waals surface area contributed by atoms with Crippen molar-refractivity contribution in [3.05, 3.63) is 89.0 Å². The van der Waals surface area contributed by atoms with Crippen molar-refractivity contribution in [1.82, 2.24) is 5.32 Å². The summed E-state index contributed by atoms with van der Waals surface area (Å²) in [4.78, 5) is 24.5. The summed E-state index contributed by atoms with van der Waals surface area (Å²) < 4.78 is 0. The fourth-order valence-corrected chi connectivity index (χ4v) is 3.20. The van der Waals surface area contributed by atoms with Gasteiger partial charge in [-0.15, -0.1) is 0 Å². The fourth-order valence-electron chi connectivity index (χ4n) is 3.20. The van der Waals surface area contributed by atoms with E-state index >= 15 is 0 Å². The number of carbonyl (C=O) groups is 2. The van der Waals surface area contributed by atoms with Gasteiger partial charge >= 0.3 is 0 Å². The third-order valence-corrected chi connectivity index (χ3v) is 5.00. The van der Waals surface area contributed by atoms with Crippen LogP contribution in [0.1, 0.15) is 67.9 Å². The fraction of sp³-hybridized carbons (Fsp3) is 0.333. The van der Waals surface area contributed by atoms with Crippen molar-refractivity contribution in [1.29, 1.82) is 0 Å². The van der Waals surface area contributed by atoms with E-state index in [9.17, 15) is 9.59 Å². The minimum atomic E-state index is -0.0389. The van der Waals surface area contributed by atoms with Gasteiger partial charge in [0.15, 0.2) is 5.78 Å². The molecule has 1 N–H and O–H groups in total. The second-order valence-corrected chi connectivity index (χ2v) is 7.74. The van der Waals surface area contributed by atoms with E-state index in [2.05, 4.69) is 12.2 Å². The van der Waals surface area contributed by atoms with Crippen LogP contribution in [0.3, 0.4) is 0 Å². The molecular formula is C27H33NO2. The first-order valence-electron chi connectivity index (χ1n) is 10.8. The summed E-state index contributed by atoms with van der Waals surface area (Å²) >= 11 is 0. The van der Waals surface area contributed by atoms with E-state index in [1.54, 1.807) is 6.08 Å². The minimum absolute atomic E-state index is 0.0389. The number of benzene rings is 2. The van der Waals surface area contributed by atoms with Gasteiger partial charge in [0.1, 0.15) is 0 Å². The van der Waals surface area contributed by atoms with Gasteiger partial charge in [-0.2, -0.15) is 0 Å². The Hall–Kier alpha value is -2.94. The summed E-state index contributed by atoms with van der Waals surface area (Å²) in [6.45, 7) is 6.92. The quantitative estimate of drug-likeness (QED) is 0.277. The number of nitrogens with one attached hydrogen (secondary N) is 1. The van der Waals surface area contributed by atoms with Crippen LogP contribution in [0.2, 0.25) is 0 Å². The van der Waals surface area contributed by atoms with Crippen molar-refractivity contribution >= 4 is 17.3 Å². The standard InChI is InChI=1S/C27H33NO2/c1-4-5-9-20-28-27(30)24-15-13-23(14-16-24)26(21(2)3)19-18-25(29)17-12-22-10-7-6-8-11-22/h6-8,10-11,13-16,18-19H,4-5,9,12,17,20H2,1-3H3,(H,28,30)/b19-18-. The smallest absolute Gasteiger partial charge is 0.251 e. The van der Waals surface area contributed by atoms with Crippen LogP contribution in [0.25, 0.3) is 5.57 Å². The van der Waals surface area contributed by atoms with Crippen molar-refractivity contribution in [2.45, 2.75) is 52.9 Å². The maximum Gasteiger partial charge on any atom is 0.251 e. The molecule has 0 aromatic heterocycles. The van der Waals surface area contributed by atoms with E-state index in [0.29, 0.717) is 18.5 Å². The predicted molar refractivity (Wildman–Crippen MR) is 125 cm³/mol. The summed E-state index contributed by atoms with van der Waals surface area (Å²) in [5.74, 6) is 0.0729. The summed E-state index contributed by atoms with van der Waals surface area (Å²) in [6.07, 6.45) is 8.06. The number of ketones is 1. The largest absolute Gasteiger partial charge is 0.352 e. The maximum absolute atomic E-state index is 12.3. The van der Waals surface area contributed by atoms with Crippen molar-refractivity contribution in [2.75, 3.05) is 6.54 Å². The number of aryl methyl sites for hydroxylation is 1. The lowest BCUT2D eigenvalue weighted by atomic mass is 9.98. The second kappa shape index (κ2) is 12.6. The topological polar surface area (TPSA) is 46.2 Å². The molecule has 0 saturated heterocycles. The van der Waals surface area contributed by atoms with Crippen molar-refractivity contribution in [3.63, 3.8) is 0 Å². The highest BCUT2D eigenvalue weighted by atomic mass is 16.1. The molecule has 0 aliphatic rings. The first kappa shape index (κ1) is 23.3. The predicted octanol–water partition coefficient (Wildman–Crippen LogP) is 6.16. The third kappa shape index (κ3) is 7.82.